The summed E-state index contributed by atoms with van der Waals surface area (Å²) < 4.78 is 35.7. The Bertz CT molecular complexity index is 1860. The zero-order valence-corrected chi connectivity index (χ0v) is 42.8. The first-order valence-electron chi connectivity index (χ1n) is 23.8. The van der Waals surface area contributed by atoms with Gasteiger partial charge in [0.25, 0.3) is 0 Å². The minimum absolute atomic E-state index is 0. The average molecular weight is 1050 g/mol. The predicted octanol–water partition coefficient (Wildman–Crippen LogP) is 1.67. The molecule has 0 N–H and O–H groups in total. The number of carbonyl (C=O) groups excluding carboxylic acids is 6. The summed E-state index contributed by atoms with van der Waals surface area (Å²) in [6, 6.07) is 12.4. The largest absolute Gasteiger partial charge is 1.00 e. The number of nitrogens with zero attached hydrogens (tertiary/aromatic N) is 2. The minimum Gasteiger partial charge on any atom is -1.00 e. The van der Waals surface area contributed by atoms with Crippen molar-refractivity contribution in [1.82, 2.24) is 0 Å². The molecule has 366 valence electrons. The molecular formula is C50H70Br2N2O12. The molecule has 2 aromatic carbocycles. The van der Waals surface area contributed by atoms with E-state index in [1.54, 1.807) is 52.0 Å². The first kappa shape index (κ1) is 54.7. The number of piperidine rings is 2. The molecule has 4 aliphatic heterocycles. The lowest BCUT2D eigenvalue weighted by molar-refractivity contribution is -0.949. The molecule has 2 aromatic rings. The Labute approximate surface area is 411 Å². The number of ether oxygens (including phenoxy) is 6. The molecular weight excluding hydrogens is 980 g/mol. The van der Waals surface area contributed by atoms with Crippen LogP contribution in [0.25, 0.3) is 0 Å². The van der Waals surface area contributed by atoms with Crippen LogP contribution in [0.5, 0.6) is 23.0 Å². The number of carbonyl (C=O) groups is 6. The Morgan fingerprint density at radius 3 is 1.08 bits per heavy atom. The number of fused-ring (bicyclic) bond motifs is 4. The molecule has 0 radical (unpaired) electrons. The predicted molar refractivity (Wildman–Crippen MR) is 236 cm³/mol. The Morgan fingerprint density at radius 2 is 0.773 bits per heavy atom. The van der Waals surface area contributed by atoms with Crippen LogP contribution in [-0.2, 0) is 51.1 Å². The zero-order valence-electron chi connectivity index (χ0n) is 39.6. The van der Waals surface area contributed by atoms with Gasteiger partial charge in [-0.2, -0.15) is 0 Å². The summed E-state index contributed by atoms with van der Waals surface area (Å²) in [5, 5.41) is 0. The van der Waals surface area contributed by atoms with E-state index in [-0.39, 0.29) is 120 Å². The van der Waals surface area contributed by atoms with Crippen molar-refractivity contribution in [2.24, 2.45) is 0 Å². The van der Waals surface area contributed by atoms with E-state index in [1.165, 1.54) is 0 Å². The van der Waals surface area contributed by atoms with E-state index < -0.39 is 23.9 Å². The van der Waals surface area contributed by atoms with E-state index in [4.69, 9.17) is 28.4 Å². The summed E-state index contributed by atoms with van der Waals surface area (Å²) in [6.07, 6.45) is 11.5. The van der Waals surface area contributed by atoms with Crippen LogP contribution in [0.15, 0.2) is 36.4 Å². The number of benzene rings is 2. The van der Waals surface area contributed by atoms with Crippen molar-refractivity contribution in [1.29, 1.82) is 0 Å². The van der Waals surface area contributed by atoms with Crippen molar-refractivity contribution in [3.63, 3.8) is 0 Å². The van der Waals surface area contributed by atoms with Crippen molar-refractivity contribution in [2.45, 2.75) is 180 Å². The van der Waals surface area contributed by atoms with Crippen molar-refractivity contribution < 1.29 is 100 Å². The summed E-state index contributed by atoms with van der Waals surface area (Å²) in [5.41, 5.74) is 2.01. The topological polar surface area (TPSA) is 158 Å². The monoisotopic (exact) mass is 1050 g/mol. The highest BCUT2D eigenvalue weighted by Gasteiger charge is 2.53. The van der Waals surface area contributed by atoms with Gasteiger partial charge >= 0.3 is 35.8 Å². The molecule has 4 fully saturated rings. The molecule has 4 atom stereocenters. The van der Waals surface area contributed by atoms with Crippen LogP contribution in [0.2, 0.25) is 0 Å². The Morgan fingerprint density at radius 1 is 0.470 bits per heavy atom. The Hall–Kier alpha value is -3.86. The molecule has 4 saturated heterocycles. The maximum Gasteiger partial charge on any atom is 0.311 e. The molecule has 4 unspecified atom stereocenters. The highest BCUT2D eigenvalue weighted by atomic mass is 79.9. The number of quaternary nitrogens is 2. The van der Waals surface area contributed by atoms with Crippen LogP contribution in [0.1, 0.15) is 142 Å². The average Bonchev–Trinajstić information content (AvgIpc) is 3.50. The van der Waals surface area contributed by atoms with Gasteiger partial charge in [-0.3, -0.25) is 28.8 Å². The smallest absolute Gasteiger partial charge is 0.311 e. The Kier molecular flexibility index (Phi) is 20.7. The van der Waals surface area contributed by atoms with Gasteiger partial charge in [0.1, 0.15) is 12.2 Å². The molecule has 0 saturated carbocycles. The molecule has 4 bridgehead atoms. The van der Waals surface area contributed by atoms with Crippen molar-refractivity contribution >= 4 is 35.8 Å². The number of hydrogen-bond acceptors (Lipinski definition) is 12. The highest BCUT2D eigenvalue weighted by molar-refractivity contribution is 5.78. The van der Waals surface area contributed by atoms with Gasteiger partial charge in [0.15, 0.2) is 23.0 Å². The molecule has 0 aliphatic carbocycles. The SMILES string of the molecule is CCC(=O)Oc1ccc(CCC[N+]2(C)C3CCC2CC(OC(=O)CCC(=O)OC2CC4CCC(C2)[N+]4(C)CCCc2ccc(OC(=O)CC)c(OC(=O)CC)c2)C3)cc1OC(=O)CC.[Br-].[Br-]. The number of halogens is 2. The van der Waals surface area contributed by atoms with Crippen LogP contribution in [0.3, 0.4) is 0 Å². The fourth-order valence-electron chi connectivity index (χ4n) is 10.8. The Balaban J connectivity index is 0.00000476. The lowest BCUT2D eigenvalue weighted by Gasteiger charge is -2.47. The van der Waals surface area contributed by atoms with Crippen LogP contribution >= 0.6 is 0 Å². The number of esters is 6. The number of rotatable bonds is 21. The molecule has 6 rings (SSSR count). The van der Waals surface area contributed by atoms with Crippen LogP contribution in [0, 0.1) is 0 Å². The number of aryl methyl sites for hydroxylation is 2. The van der Waals surface area contributed by atoms with Gasteiger partial charge in [0.2, 0.25) is 0 Å². The van der Waals surface area contributed by atoms with E-state index >= 15 is 0 Å². The standard InChI is InChI=1S/C50H70N2O12.2BrH/c1-7-45(53)61-41-21-15-33(27-43(41)63-47(55)9-3)13-11-25-51(5)35-17-18-36(51)30-39(29-35)59-49(57)23-24-50(58)60-40-31-37-19-20-38(32-40)52(37,6)26-12-14-34-16-22-42(62-46(54)8-2)44(28-34)64-48(56)10-4;;/h15-16,21-22,27-28,35-40H,7-14,17-20,23-26,29-32H2,1-6H3;2*1H/q+2;;/p-2. The molecule has 4 heterocycles. The lowest BCUT2D eigenvalue weighted by atomic mass is 9.95. The minimum atomic E-state index is -0.393. The van der Waals surface area contributed by atoms with Crippen molar-refractivity contribution in [3.05, 3.63) is 47.5 Å². The van der Waals surface area contributed by atoms with Crippen molar-refractivity contribution in [3.8, 4) is 23.0 Å². The van der Waals surface area contributed by atoms with Gasteiger partial charge in [0.05, 0.1) is 64.2 Å². The molecule has 4 aliphatic rings. The maximum atomic E-state index is 13.1. The lowest BCUT2D eigenvalue weighted by Crippen LogP contribution is -3.00. The van der Waals surface area contributed by atoms with E-state index in [0.29, 0.717) is 24.2 Å². The van der Waals surface area contributed by atoms with Gasteiger partial charge in [-0.25, -0.2) is 0 Å². The summed E-state index contributed by atoms with van der Waals surface area (Å²) in [4.78, 5) is 74.2. The highest BCUT2D eigenvalue weighted by Crippen LogP contribution is 2.44. The first-order chi connectivity index (χ1) is 30.7. The first-order valence-corrected chi connectivity index (χ1v) is 23.8. The molecule has 0 spiro atoms. The van der Waals surface area contributed by atoms with E-state index in [1.807, 2.05) is 12.1 Å². The molecule has 14 nitrogen and oxygen atoms in total. The third-order valence-electron chi connectivity index (χ3n) is 14.5. The second kappa shape index (κ2) is 25.0. The van der Waals surface area contributed by atoms with Crippen LogP contribution in [0.4, 0.5) is 0 Å². The van der Waals surface area contributed by atoms with E-state index in [2.05, 4.69) is 14.1 Å². The normalized spacial score (nSPS) is 25.9. The molecule has 66 heavy (non-hydrogen) atoms. The molecule has 0 aromatic heterocycles. The fourth-order valence-corrected chi connectivity index (χ4v) is 10.8. The van der Waals surface area contributed by atoms with E-state index in [0.717, 1.165) is 110 Å². The van der Waals surface area contributed by atoms with Crippen LogP contribution < -0.4 is 52.9 Å². The van der Waals surface area contributed by atoms with Crippen LogP contribution in [-0.4, -0.2) is 108 Å². The number of hydrogen-bond donors (Lipinski definition) is 0. The van der Waals surface area contributed by atoms with Crippen molar-refractivity contribution in [2.75, 3.05) is 27.2 Å². The maximum absolute atomic E-state index is 13.1. The zero-order chi connectivity index (χ0) is 46.0. The van der Waals surface area contributed by atoms with Gasteiger partial charge in [-0.05, 0) is 48.2 Å². The summed E-state index contributed by atoms with van der Waals surface area (Å²) in [7, 11) is 4.63. The van der Waals surface area contributed by atoms with Gasteiger partial charge in [0, 0.05) is 89.9 Å². The van der Waals surface area contributed by atoms with Gasteiger partial charge in [-0.15, -0.1) is 0 Å². The van der Waals surface area contributed by atoms with Gasteiger partial charge < -0.3 is 71.4 Å². The summed E-state index contributed by atoms with van der Waals surface area (Å²) in [5.74, 6) is -1.22. The molecule has 0 amide bonds. The fraction of sp³-hybridized carbons (Fsp3) is 0.640. The molecule has 16 heteroatoms. The summed E-state index contributed by atoms with van der Waals surface area (Å²) in [6.45, 7) is 8.80. The quantitative estimate of drug-likeness (QED) is 0.101. The third kappa shape index (κ3) is 13.9. The second-order valence-corrected chi connectivity index (χ2v) is 18.7. The summed E-state index contributed by atoms with van der Waals surface area (Å²) >= 11 is 0. The second-order valence-electron chi connectivity index (χ2n) is 18.7. The third-order valence-corrected chi connectivity index (χ3v) is 14.5. The van der Waals surface area contributed by atoms with E-state index in [9.17, 15) is 28.8 Å². The van der Waals surface area contributed by atoms with Gasteiger partial charge in [-0.1, -0.05) is 39.8 Å².